The largest absolute Gasteiger partial charge is 0.493 e. The number of rotatable bonds is 7. The van der Waals surface area contributed by atoms with Gasteiger partial charge >= 0.3 is 5.97 Å². The summed E-state index contributed by atoms with van der Waals surface area (Å²) in [5.74, 6) is 1.73. The Labute approximate surface area is 188 Å². The summed E-state index contributed by atoms with van der Waals surface area (Å²) in [5, 5.41) is 4.01. The number of aromatic nitrogens is 2. The van der Waals surface area contributed by atoms with Crippen molar-refractivity contribution < 1.29 is 28.3 Å². The van der Waals surface area contributed by atoms with Crippen molar-refractivity contribution in [2.45, 2.75) is 57.9 Å². The number of benzene rings is 1. The van der Waals surface area contributed by atoms with E-state index in [9.17, 15) is 9.59 Å². The average Bonchev–Trinajstić information content (AvgIpc) is 3.26. The van der Waals surface area contributed by atoms with Gasteiger partial charge in [0, 0.05) is 24.8 Å². The highest BCUT2D eigenvalue weighted by molar-refractivity contribution is 5.79. The third kappa shape index (κ3) is 5.03. The number of ether oxygens (including phenoxy) is 3. The smallest absolute Gasteiger partial charge is 0.307 e. The summed E-state index contributed by atoms with van der Waals surface area (Å²) < 4.78 is 21.1. The minimum atomic E-state index is -0.452. The fraction of sp³-hybridized carbons (Fsp3) is 0.565. The zero-order valence-electron chi connectivity index (χ0n) is 19.6. The zero-order chi connectivity index (χ0) is 23.5. The fourth-order valence-corrected chi connectivity index (χ4v) is 3.81. The molecule has 9 nitrogen and oxygen atoms in total. The van der Waals surface area contributed by atoms with Gasteiger partial charge in [-0.2, -0.15) is 4.98 Å². The molecule has 1 atom stereocenters. The Morgan fingerprint density at radius 3 is 2.44 bits per heavy atom. The van der Waals surface area contributed by atoms with Gasteiger partial charge in [-0.15, -0.1) is 0 Å². The minimum absolute atomic E-state index is 0.0550. The van der Waals surface area contributed by atoms with Gasteiger partial charge in [-0.25, -0.2) is 0 Å². The van der Waals surface area contributed by atoms with E-state index < -0.39 is 6.04 Å². The summed E-state index contributed by atoms with van der Waals surface area (Å²) in [6.45, 7) is 6.48. The number of esters is 1. The van der Waals surface area contributed by atoms with Crippen LogP contribution in [0.5, 0.6) is 11.5 Å². The normalized spacial score (nSPS) is 15.8. The van der Waals surface area contributed by atoms with Gasteiger partial charge in [0.1, 0.15) is 0 Å². The molecule has 32 heavy (non-hydrogen) atoms. The van der Waals surface area contributed by atoms with Gasteiger partial charge in [-0.05, 0) is 29.7 Å². The zero-order valence-corrected chi connectivity index (χ0v) is 19.6. The first-order valence-electron chi connectivity index (χ1n) is 10.6. The van der Waals surface area contributed by atoms with Gasteiger partial charge in [-0.3, -0.25) is 9.59 Å². The molecule has 1 aliphatic heterocycles. The van der Waals surface area contributed by atoms with Gasteiger partial charge in [0.15, 0.2) is 17.3 Å². The average molecular weight is 446 g/mol. The van der Waals surface area contributed by atoms with Crippen LogP contribution in [-0.4, -0.2) is 54.8 Å². The van der Waals surface area contributed by atoms with Crippen LogP contribution >= 0.6 is 0 Å². The first kappa shape index (κ1) is 23.6. The lowest BCUT2D eigenvalue weighted by atomic mass is 9.89. The van der Waals surface area contributed by atoms with Crippen molar-refractivity contribution in [1.82, 2.24) is 15.0 Å². The lowest BCUT2D eigenvalue weighted by Gasteiger charge is -2.37. The van der Waals surface area contributed by atoms with Crippen molar-refractivity contribution in [1.29, 1.82) is 0 Å². The molecule has 174 valence electrons. The Kier molecular flexibility index (Phi) is 7.06. The molecule has 0 aliphatic carbocycles. The lowest BCUT2D eigenvalue weighted by Crippen LogP contribution is -2.41. The summed E-state index contributed by atoms with van der Waals surface area (Å²) in [4.78, 5) is 31.5. The van der Waals surface area contributed by atoms with Crippen LogP contribution in [0.3, 0.4) is 0 Å². The van der Waals surface area contributed by atoms with E-state index in [1.165, 1.54) is 7.11 Å². The first-order valence-corrected chi connectivity index (χ1v) is 10.6. The molecular weight excluding hydrogens is 414 g/mol. The van der Waals surface area contributed by atoms with Crippen LogP contribution in [0.15, 0.2) is 16.7 Å². The highest BCUT2D eigenvalue weighted by Gasteiger charge is 2.34. The van der Waals surface area contributed by atoms with Crippen LogP contribution in [0.25, 0.3) is 0 Å². The van der Waals surface area contributed by atoms with E-state index in [4.69, 9.17) is 18.7 Å². The maximum absolute atomic E-state index is 13.2. The van der Waals surface area contributed by atoms with Crippen LogP contribution in [0, 0.1) is 0 Å². The highest BCUT2D eigenvalue weighted by atomic mass is 16.5. The van der Waals surface area contributed by atoms with Crippen molar-refractivity contribution in [2.75, 3.05) is 27.9 Å². The molecule has 1 aliphatic rings. The monoisotopic (exact) mass is 445 g/mol. The van der Waals surface area contributed by atoms with Gasteiger partial charge in [0.25, 0.3) is 0 Å². The molecule has 9 heteroatoms. The number of carbonyl (C=O) groups excluding carboxylic acids is 2. The molecular formula is C23H31N3O6. The van der Waals surface area contributed by atoms with Crippen molar-refractivity contribution in [2.24, 2.45) is 0 Å². The van der Waals surface area contributed by atoms with E-state index in [1.54, 1.807) is 19.1 Å². The predicted octanol–water partition coefficient (Wildman–Crippen LogP) is 3.01. The summed E-state index contributed by atoms with van der Waals surface area (Å²) in [6.07, 6.45) is 1.24. The topological polar surface area (TPSA) is 104 Å². The Balaban J connectivity index is 1.82. The molecule has 0 bridgehead atoms. The number of amides is 1. The Morgan fingerprint density at radius 1 is 1.16 bits per heavy atom. The van der Waals surface area contributed by atoms with Crippen LogP contribution in [0.4, 0.5) is 0 Å². The summed E-state index contributed by atoms with van der Waals surface area (Å²) in [7, 11) is 4.48. The standard InChI is InChI=1S/C23H31N3O6/c1-23(2,3)22-24-19(32-25-22)7-8-20(27)26-10-9-14-11-17(29-4)18(30-5)12-15(14)16(26)13-21(28)31-6/h11-12,16H,7-10,13H2,1-6H3. The number of methoxy groups -OCH3 is 3. The van der Waals surface area contributed by atoms with E-state index >= 15 is 0 Å². The third-order valence-corrected chi connectivity index (χ3v) is 5.60. The Hall–Kier alpha value is -3.10. The molecule has 0 spiro atoms. The second-order valence-corrected chi connectivity index (χ2v) is 8.80. The molecule has 0 fully saturated rings. The lowest BCUT2D eigenvalue weighted by molar-refractivity contribution is -0.144. The number of aryl methyl sites for hydroxylation is 1. The maximum Gasteiger partial charge on any atom is 0.307 e. The van der Waals surface area contributed by atoms with Crippen LogP contribution in [0.2, 0.25) is 0 Å². The van der Waals surface area contributed by atoms with E-state index in [2.05, 4.69) is 10.1 Å². The fourth-order valence-electron chi connectivity index (χ4n) is 3.81. The summed E-state index contributed by atoms with van der Waals surface area (Å²) in [5.41, 5.74) is 1.65. The number of fused-ring (bicyclic) bond motifs is 1. The Bertz CT molecular complexity index is 979. The van der Waals surface area contributed by atoms with Crippen LogP contribution < -0.4 is 9.47 Å². The second kappa shape index (κ2) is 9.58. The Morgan fingerprint density at radius 2 is 1.84 bits per heavy atom. The number of hydrogen-bond acceptors (Lipinski definition) is 8. The quantitative estimate of drug-likeness (QED) is 0.599. The van der Waals surface area contributed by atoms with E-state index in [1.807, 2.05) is 32.9 Å². The molecule has 3 rings (SSSR count). The van der Waals surface area contributed by atoms with Crippen molar-refractivity contribution in [3.63, 3.8) is 0 Å². The van der Waals surface area contributed by atoms with Gasteiger partial charge in [-0.1, -0.05) is 25.9 Å². The summed E-state index contributed by atoms with van der Waals surface area (Å²) in [6, 6.07) is 3.30. The summed E-state index contributed by atoms with van der Waals surface area (Å²) >= 11 is 0. The second-order valence-electron chi connectivity index (χ2n) is 8.80. The molecule has 0 saturated carbocycles. The van der Waals surface area contributed by atoms with Gasteiger partial charge < -0.3 is 23.6 Å². The van der Waals surface area contributed by atoms with Gasteiger partial charge in [0.2, 0.25) is 11.8 Å². The molecule has 0 radical (unpaired) electrons. The SMILES string of the molecule is COC(=O)CC1c2cc(OC)c(OC)cc2CCN1C(=O)CCc1nc(C(C)(C)C)no1. The molecule has 0 N–H and O–H groups in total. The van der Waals surface area contributed by atoms with Crippen LogP contribution in [0.1, 0.15) is 62.5 Å². The van der Waals surface area contributed by atoms with Crippen molar-refractivity contribution in [3.05, 3.63) is 35.0 Å². The number of nitrogens with zero attached hydrogens (tertiary/aromatic N) is 3. The first-order chi connectivity index (χ1) is 15.2. The molecule has 1 amide bonds. The molecule has 2 aromatic rings. The number of carbonyl (C=O) groups is 2. The molecule has 0 saturated heterocycles. The highest BCUT2D eigenvalue weighted by Crippen LogP contribution is 2.40. The molecule has 2 heterocycles. The maximum atomic E-state index is 13.2. The number of hydrogen-bond donors (Lipinski definition) is 0. The molecule has 1 aromatic carbocycles. The minimum Gasteiger partial charge on any atom is -0.493 e. The van der Waals surface area contributed by atoms with E-state index in [0.717, 1.165) is 11.1 Å². The third-order valence-electron chi connectivity index (χ3n) is 5.60. The molecule has 1 aromatic heterocycles. The predicted molar refractivity (Wildman–Crippen MR) is 116 cm³/mol. The van der Waals surface area contributed by atoms with Crippen LogP contribution in [-0.2, 0) is 32.6 Å². The molecule has 1 unspecified atom stereocenters. The van der Waals surface area contributed by atoms with Crippen molar-refractivity contribution >= 4 is 11.9 Å². The van der Waals surface area contributed by atoms with E-state index in [-0.39, 0.29) is 30.1 Å². The van der Waals surface area contributed by atoms with Gasteiger partial charge in [0.05, 0.1) is 33.8 Å². The van der Waals surface area contributed by atoms with Crippen molar-refractivity contribution in [3.8, 4) is 11.5 Å². The van der Waals surface area contributed by atoms with E-state index in [0.29, 0.717) is 42.6 Å².